The standard InChI is InChI=1S/C13H14N6/c1-15-12-16-11(17-13(18-12)19(2)3)10-6-4-5-9(7-10)8-14/h4-7H,1-3H3,(H,15,16,17,18). The van der Waals surface area contributed by atoms with Crippen LogP contribution in [-0.4, -0.2) is 36.1 Å². The summed E-state index contributed by atoms with van der Waals surface area (Å²) in [6.45, 7) is 0. The van der Waals surface area contributed by atoms with E-state index < -0.39 is 0 Å². The van der Waals surface area contributed by atoms with Gasteiger partial charge in [-0.3, -0.25) is 0 Å². The molecule has 0 radical (unpaired) electrons. The highest BCUT2D eigenvalue weighted by molar-refractivity contribution is 5.60. The second kappa shape index (κ2) is 5.31. The Kier molecular flexibility index (Phi) is 3.57. The summed E-state index contributed by atoms with van der Waals surface area (Å²) in [6, 6.07) is 9.29. The van der Waals surface area contributed by atoms with Gasteiger partial charge in [0.2, 0.25) is 11.9 Å². The molecule has 1 aromatic heterocycles. The quantitative estimate of drug-likeness (QED) is 0.894. The first kappa shape index (κ1) is 12.8. The molecule has 19 heavy (non-hydrogen) atoms. The molecule has 0 amide bonds. The van der Waals surface area contributed by atoms with E-state index in [2.05, 4.69) is 26.3 Å². The van der Waals surface area contributed by atoms with Crippen molar-refractivity contribution in [2.24, 2.45) is 0 Å². The van der Waals surface area contributed by atoms with Crippen LogP contribution in [0.3, 0.4) is 0 Å². The van der Waals surface area contributed by atoms with Crippen LogP contribution in [0, 0.1) is 11.3 Å². The molecule has 0 unspecified atom stereocenters. The summed E-state index contributed by atoms with van der Waals surface area (Å²) in [4.78, 5) is 14.7. The summed E-state index contributed by atoms with van der Waals surface area (Å²) in [6.07, 6.45) is 0. The third-order valence-electron chi connectivity index (χ3n) is 2.50. The number of benzene rings is 1. The molecule has 0 spiro atoms. The molecule has 0 bridgehead atoms. The van der Waals surface area contributed by atoms with Crippen LogP contribution in [0.15, 0.2) is 24.3 Å². The normalized spacial score (nSPS) is 9.79. The van der Waals surface area contributed by atoms with Crippen LogP contribution in [0.1, 0.15) is 5.56 Å². The molecule has 0 atom stereocenters. The molecule has 1 aromatic carbocycles. The van der Waals surface area contributed by atoms with Crippen LogP contribution in [0.2, 0.25) is 0 Å². The molecule has 96 valence electrons. The number of hydrogen-bond acceptors (Lipinski definition) is 6. The molecule has 2 aromatic rings. The van der Waals surface area contributed by atoms with Gasteiger partial charge in [0.25, 0.3) is 0 Å². The van der Waals surface area contributed by atoms with E-state index >= 15 is 0 Å². The minimum Gasteiger partial charge on any atom is -0.357 e. The van der Waals surface area contributed by atoms with Crippen LogP contribution < -0.4 is 10.2 Å². The maximum Gasteiger partial charge on any atom is 0.230 e. The predicted molar refractivity (Wildman–Crippen MR) is 73.9 cm³/mol. The van der Waals surface area contributed by atoms with Gasteiger partial charge in [-0.25, -0.2) is 0 Å². The van der Waals surface area contributed by atoms with Crippen molar-refractivity contribution in [1.29, 1.82) is 5.26 Å². The van der Waals surface area contributed by atoms with Crippen LogP contribution in [-0.2, 0) is 0 Å². The lowest BCUT2D eigenvalue weighted by atomic mass is 10.1. The highest BCUT2D eigenvalue weighted by atomic mass is 15.3. The van der Waals surface area contributed by atoms with Crippen LogP contribution in [0.5, 0.6) is 0 Å². The largest absolute Gasteiger partial charge is 0.357 e. The first-order chi connectivity index (χ1) is 9.13. The molecule has 0 aliphatic heterocycles. The van der Waals surface area contributed by atoms with Gasteiger partial charge >= 0.3 is 0 Å². The smallest absolute Gasteiger partial charge is 0.230 e. The minimum atomic E-state index is 0.496. The Balaban J connectivity index is 2.54. The maximum absolute atomic E-state index is 8.93. The topological polar surface area (TPSA) is 77.7 Å². The molecule has 0 aliphatic rings. The van der Waals surface area contributed by atoms with Gasteiger partial charge in [-0.2, -0.15) is 20.2 Å². The summed E-state index contributed by atoms with van der Waals surface area (Å²) in [5.74, 6) is 1.60. The minimum absolute atomic E-state index is 0.496. The lowest BCUT2D eigenvalue weighted by Gasteiger charge is -2.12. The predicted octanol–water partition coefficient (Wildman–Crippen LogP) is 1.52. The van der Waals surface area contributed by atoms with Crippen molar-refractivity contribution in [3.63, 3.8) is 0 Å². The Morgan fingerprint density at radius 1 is 1.21 bits per heavy atom. The van der Waals surface area contributed by atoms with Gasteiger partial charge in [0.05, 0.1) is 11.6 Å². The average molecular weight is 254 g/mol. The Bertz CT molecular complexity index is 629. The fraction of sp³-hybridized carbons (Fsp3) is 0.231. The Morgan fingerprint density at radius 3 is 2.63 bits per heavy atom. The summed E-state index contributed by atoms with van der Waals surface area (Å²) < 4.78 is 0. The third kappa shape index (κ3) is 2.77. The molecule has 6 nitrogen and oxygen atoms in total. The molecular weight excluding hydrogens is 240 g/mol. The van der Waals surface area contributed by atoms with Gasteiger partial charge in [-0.1, -0.05) is 12.1 Å². The molecule has 1 heterocycles. The summed E-state index contributed by atoms with van der Waals surface area (Å²) in [5, 5.41) is 11.8. The van der Waals surface area contributed by atoms with Gasteiger partial charge < -0.3 is 10.2 Å². The lowest BCUT2D eigenvalue weighted by molar-refractivity contribution is 0.963. The fourth-order valence-corrected chi connectivity index (χ4v) is 1.53. The number of rotatable bonds is 3. The molecular formula is C13H14N6. The van der Waals surface area contributed by atoms with Gasteiger partial charge in [0.15, 0.2) is 5.82 Å². The Labute approximate surface area is 111 Å². The van der Waals surface area contributed by atoms with E-state index in [1.54, 1.807) is 24.1 Å². The maximum atomic E-state index is 8.93. The van der Waals surface area contributed by atoms with E-state index in [4.69, 9.17) is 5.26 Å². The first-order valence-corrected chi connectivity index (χ1v) is 5.75. The zero-order valence-electron chi connectivity index (χ0n) is 11.0. The summed E-state index contributed by atoms with van der Waals surface area (Å²) in [7, 11) is 5.48. The highest BCUT2D eigenvalue weighted by Gasteiger charge is 2.09. The van der Waals surface area contributed by atoms with Gasteiger partial charge in [0, 0.05) is 26.7 Å². The first-order valence-electron chi connectivity index (χ1n) is 5.75. The van der Waals surface area contributed by atoms with Crippen molar-refractivity contribution in [1.82, 2.24) is 15.0 Å². The highest BCUT2D eigenvalue weighted by Crippen LogP contribution is 2.19. The van der Waals surface area contributed by atoms with Crippen molar-refractivity contribution in [2.75, 3.05) is 31.4 Å². The number of anilines is 2. The fourth-order valence-electron chi connectivity index (χ4n) is 1.53. The van der Waals surface area contributed by atoms with Gasteiger partial charge in [0.1, 0.15) is 0 Å². The molecule has 0 saturated carbocycles. The van der Waals surface area contributed by atoms with Crippen molar-refractivity contribution < 1.29 is 0 Å². The summed E-state index contributed by atoms with van der Waals surface area (Å²) >= 11 is 0. The second-order valence-electron chi connectivity index (χ2n) is 4.12. The van der Waals surface area contributed by atoms with Crippen molar-refractivity contribution in [3.05, 3.63) is 29.8 Å². The SMILES string of the molecule is CNc1nc(-c2cccc(C#N)c2)nc(N(C)C)n1. The van der Waals surface area contributed by atoms with Crippen molar-refractivity contribution >= 4 is 11.9 Å². The number of hydrogen-bond donors (Lipinski definition) is 1. The van der Waals surface area contributed by atoms with E-state index in [9.17, 15) is 0 Å². The molecule has 0 aliphatic carbocycles. The van der Waals surface area contributed by atoms with E-state index in [1.165, 1.54) is 0 Å². The number of nitriles is 1. The van der Waals surface area contributed by atoms with Crippen LogP contribution in [0.25, 0.3) is 11.4 Å². The third-order valence-corrected chi connectivity index (χ3v) is 2.50. The van der Waals surface area contributed by atoms with Crippen LogP contribution >= 0.6 is 0 Å². The van der Waals surface area contributed by atoms with Gasteiger partial charge in [-0.05, 0) is 12.1 Å². The number of nitrogens with one attached hydrogen (secondary N) is 1. The zero-order chi connectivity index (χ0) is 13.8. The molecule has 0 saturated heterocycles. The van der Waals surface area contributed by atoms with Crippen LogP contribution in [0.4, 0.5) is 11.9 Å². The van der Waals surface area contributed by atoms with E-state index in [-0.39, 0.29) is 0 Å². The molecule has 1 N–H and O–H groups in total. The number of aromatic nitrogens is 3. The average Bonchev–Trinajstić information content (AvgIpc) is 2.46. The Hall–Kier alpha value is -2.68. The van der Waals surface area contributed by atoms with E-state index in [0.29, 0.717) is 23.3 Å². The Morgan fingerprint density at radius 2 is 2.00 bits per heavy atom. The lowest BCUT2D eigenvalue weighted by Crippen LogP contribution is -2.15. The number of nitrogens with zero attached hydrogens (tertiary/aromatic N) is 5. The van der Waals surface area contributed by atoms with Crippen molar-refractivity contribution in [2.45, 2.75) is 0 Å². The van der Waals surface area contributed by atoms with E-state index in [1.807, 2.05) is 26.2 Å². The van der Waals surface area contributed by atoms with Gasteiger partial charge in [-0.15, -0.1) is 0 Å². The second-order valence-corrected chi connectivity index (χ2v) is 4.12. The zero-order valence-corrected chi connectivity index (χ0v) is 11.0. The van der Waals surface area contributed by atoms with E-state index in [0.717, 1.165) is 5.56 Å². The monoisotopic (exact) mass is 254 g/mol. The van der Waals surface area contributed by atoms with Crippen molar-refractivity contribution in [3.8, 4) is 17.5 Å². The summed E-state index contributed by atoms with van der Waals surface area (Å²) in [5.41, 5.74) is 1.37. The molecule has 0 fully saturated rings. The molecule has 2 rings (SSSR count). The molecule has 6 heteroatoms.